The molecule has 1 N–H and O–H groups in total. The van der Waals surface area contributed by atoms with Crippen molar-refractivity contribution in [1.29, 1.82) is 0 Å². The van der Waals surface area contributed by atoms with Crippen molar-refractivity contribution in [3.63, 3.8) is 0 Å². The van der Waals surface area contributed by atoms with Crippen LogP contribution >= 0.6 is 22.7 Å². The van der Waals surface area contributed by atoms with Crippen LogP contribution in [0.4, 0.5) is 0 Å². The lowest BCUT2D eigenvalue weighted by atomic mass is 10.3. The van der Waals surface area contributed by atoms with Crippen molar-refractivity contribution >= 4 is 28.6 Å². The van der Waals surface area contributed by atoms with Gasteiger partial charge in [0.05, 0.1) is 11.4 Å². The zero-order valence-corrected chi connectivity index (χ0v) is 12.3. The lowest BCUT2D eigenvalue weighted by molar-refractivity contribution is 0.0952. The number of hydrogen-bond donors (Lipinski definition) is 1. The fraction of sp³-hybridized carbons (Fsp3) is 0.143. The van der Waals surface area contributed by atoms with Gasteiger partial charge in [0.25, 0.3) is 5.91 Å². The summed E-state index contributed by atoms with van der Waals surface area (Å²) < 4.78 is 1.85. The van der Waals surface area contributed by atoms with Crippen LogP contribution in [0.15, 0.2) is 46.6 Å². The second-order valence-electron chi connectivity index (χ2n) is 4.21. The van der Waals surface area contributed by atoms with Crippen molar-refractivity contribution in [3.05, 3.63) is 52.2 Å². The molecule has 0 saturated heterocycles. The van der Waals surface area contributed by atoms with Gasteiger partial charge >= 0.3 is 0 Å². The van der Waals surface area contributed by atoms with E-state index in [9.17, 15) is 4.79 Å². The molecule has 0 saturated carbocycles. The Kier molecular flexibility index (Phi) is 3.94. The fourth-order valence-corrected chi connectivity index (χ4v) is 3.15. The van der Waals surface area contributed by atoms with Crippen molar-refractivity contribution in [2.45, 2.75) is 6.54 Å². The predicted octanol–water partition coefficient (Wildman–Crippen LogP) is 3.10. The van der Waals surface area contributed by atoms with E-state index < -0.39 is 0 Å². The van der Waals surface area contributed by atoms with Gasteiger partial charge in [-0.1, -0.05) is 6.07 Å². The maximum absolute atomic E-state index is 11.8. The third-order valence-corrected chi connectivity index (χ3v) is 4.40. The lowest BCUT2D eigenvalue weighted by Gasteiger charge is -2.04. The molecular formula is C14H13N3OS2. The van der Waals surface area contributed by atoms with E-state index >= 15 is 0 Å². The van der Waals surface area contributed by atoms with E-state index in [1.54, 1.807) is 11.3 Å². The molecule has 102 valence electrons. The fourth-order valence-electron chi connectivity index (χ4n) is 1.82. The minimum atomic E-state index is -0.0307. The van der Waals surface area contributed by atoms with Crippen LogP contribution in [-0.4, -0.2) is 22.2 Å². The normalized spacial score (nSPS) is 10.6. The highest BCUT2D eigenvalue weighted by atomic mass is 32.1. The maximum Gasteiger partial charge on any atom is 0.252 e. The van der Waals surface area contributed by atoms with Crippen molar-refractivity contribution in [2.24, 2.45) is 0 Å². The predicted molar refractivity (Wildman–Crippen MR) is 82.2 cm³/mol. The molecule has 0 aliphatic heterocycles. The number of carbonyl (C=O) groups excluding carboxylic acids is 1. The summed E-state index contributed by atoms with van der Waals surface area (Å²) in [6, 6.07) is 7.88. The van der Waals surface area contributed by atoms with Gasteiger partial charge in [0.1, 0.15) is 5.69 Å². The number of carbonyl (C=O) groups is 1. The van der Waals surface area contributed by atoms with Crippen LogP contribution in [0.1, 0.15) is 10.4 Å². The molecule has 0 aliphatic carbocycles. The molecular weight excluding hydrogens is 290 g/mol. The third-order valence-electron chi connectivity index (χ3n) is 2.82. The molecule has 0 unspecified atom stereocenters. The van der Waals surface area contributed by atoms with Gasteiger partial charge < -0.3 is 5.32 Å². The Morgan fingerprint density at radius 3 is 3.00 bits per heavy atom. The Hall–Kier alpha value is -1.92. The highest BCUT2D eigenvalue weighted by Gasteiger charge is 2.06. The first-order valence-corrected chi connectivity index (χ1v) is 8.03. The van der Waals surface area contributed by atoms with Crippen LogP contribution in [0.25, 0.3) is 10.6 Å². The van der Waals surface area contributed by atoms with Crippen molar-refractivity contribution in [2.75, 3.05) is 6.54 Å². The van der Waals surface area contributed by atoms with Crippen molar-refractivity contribution < 1.29 is 4.79 Å². The second-order valence-corrected chi connectivity index (χ2v) is 5.94. The van der Waals surface area contributed by atoms with E-state index in [2.05, 4.69) is 16.5 Å². The number of amides is 1. The molecule has 0 bridgehead atoms. The third kappa shape index (κ3) is 2.97. The van der Waals surface area contributed by atoms with Gasteiger partial charge in [0.2, 0.25) is 0 Å². The van der Waals surface area contributed by atoms with E-state index in [1.165, 1.54) is 11.3 Å². The highest BCUT2D eigenvalue weighted by Crippen LogP contribution is 2.22. The van der Waals surface area contributed by atoms with E-state index in [0.29, 0.717) is 13.1 Å². The summed E-state index contributed by atoms with van der Waals surface area (Å²) in [4.78, 5) is 12.9. The number of hydrogen-bond acceptors (Lipinski definition) is 4. The average molecular weight is 303 g/mol. The van der Waals surface area contributed by atoms with Gasteiger partial charge in [0.15, 0.2) is 0 Å². The van der Waals surface area contributed by atoms with E-state index in [0.717, 1.165) is 16.1 Å². The minimum Gasteiger partial charge on any atom is -0.350 e. The molecule has 0 aliphatic rings. The topological polar surface area (TPSA) is 46.9 Å². The second kappa shape index (κ2) is 6.02. The SMILES string of the molecule is O=C(NCCn1ccc(-c2cccs2)n1)c1ccsc1. The summed E-state index contributed by atoms with van der Waals surface area (Å²) in [6.45, 7) is 1.24. The number of nitrogens with one attached hydrogen (secondary N) is 1. The zero-order chi connectivity index (χ0) is 13.8. The maximum atomic E-state index is 11.8. The zero-order valence-electron chi connectivity index (χ0n) is 10.7. The highest BCUT2D eigenvalue weighted by molar-refractivity contribution is 7.13. The first-order valence-electron chi connectivity index (χ1n) is 6.20. The quantitative estimate of drug-likeness (QED) is 0.787. The standard InChI is InChI=1S/C14H13N3OS2/c18-14(11-4-9-19-10-11)15-5-7-17-6-3-12(16-17)13-2-1-8-20-13/h1-4,6,8-10H,5,7H2,(H,15,18). The van der Waals surface area contributed by atoms with Crippen LogP contribution in [0, 0.1) is 0 Å². The van der Waals surface area contributed by atoms with Crippen LogP contribution in [0.5, 0.6) is 0 Å². The molecule has 0 spiro atoms. The Bertz CT molecular complexity index is 671. The molecule has 20 heavy (non-hydrogen) atoms. The van der Waals surface area contributed by atoms with Crippen molar-refractivity contribution in [1.82, 2.24) is 15.1 Å². The molecule has 3 rings (SSSR count). The van der Waals surface area contributed by atoms with Crippen LogP contribution < -0.4 is 5.32 Å². The van der Waals surface area contributed by atoms with Gasteiger partial charge in [0, 0.05) is 23.7 Å². The molecule has 4 nitrogen and oxygen atoms in total. The molecule has 3 aromatic heterocycles. The summed E-state index contributed by atoms with van der Waals surface area (Å²) in [5.74, 6) is -0.0307. The number of nitrogens with zero attached hydrogens (tertiary/aromatic N) is 2. The summed E-state index contributed by atoms with van der Waals surface area (Å²) in [5, 5.41) is 13.2. The molecule has 0 atom stereocenters. The van der Waals surface area contributed by atoms with Gasteiger partial charge in [-0.15, -0.1) is 11.3 Å². The van der Waals surface area contributed by atoms with Crippen LogP contribution in [-0.2, 0) is 6.54 Å². The van der Waals surface area contributed by atoms with E-state index in [1.807, 2.05) is 45.2 Å². The van der Waals surface area contributed by atoms with Crippen LogP contribution in [0.2, 0.25) is 0 Å². The Morgan fingerprint density at radius 1 is 1.30 bits per heavy atom. The molecule has 3 heterocycles. The smallest absolute Gasteiger partial charge is 0.252 e. The Morgan fingerprint density at radius 2 is 2.25 bits per heavy atom. The molecule has 1 amide bonds. The summed E-state index contributed by atoms with van der Waals surface area (Å²) in [5.41, 5.74) is 1.69. The Labute approximate surface area is 124 Å². The summed E-state index contributed by atoms with van der Waals surface area (Å²) in [6.07, 6.45) is 1.94. The van der Waals surface area contributed by atoms with Crippen molar-refractivity contribution in [3.8, 4) is 10.6 Å². The van der Waals surface area contributed by atoms with Gasteiger partial charge in [-0.3, -0.25) is 9.48 Å². The number of rotatable bonds is 5. The summed E-state index contributed by atoms with van der Waals surface area (Å²) in [7, 11) is 0. The largest absolute Gasteiger partial charge is 0.350 e. The number of aromatic nitrogens is 2. The summed E-state index contributed by atoms with van der Waals surface area (Å²) >= 11 is 3.19. The van der Waals surface area contributed by atoms with E-state index in [-0.39, 0.29) is 5.91 Å². The van der Waals surface area contributed by atoms with Gasteiger partial charge in [-0.2, -0.15) is 16.4 Å². The van der Waals surface area contributed by atoms with Crippen LogP contribution in [0.3, 0.4) is 0 Å². The Balaban J connectivity index is 1.53. The van der Waals surface area contributed by atoms with E-state index in [4.69, 9.17) is 0 Å². The lowest BCUT2D eigenvalue weighted by Crippen LogP contribution is -2.26. The molecule has 6 heteroatoms. The van der Waals surface area contributed by atoms with Gasteiger partial charge in [-0.25, -0.2) is 0 Å². The monoisotopic (exact) mass is 303 g/mol. The number of thiophene rings is 2. The molecule has 0 radical (unpaired) electrons. The molecule has 0 fully saturated rings. The minimum absolute atomic E-state index is 0.0307. The van der Waals surface area contributed by atoms with Gasteiger partial charge in [-0.05, 0) is 29.0 Å². The molecule has 0 aromatic carbocycles. The average Bonchev–Trinajstić information content (AvgIpc) is 3.20. The first kappa shape index (κ1) is 13.1. The first-order chi connectivity index (χ1) is 9.83. The molecule has 3 aromatic rings.